The number of carbonyl (C=O) groups excluding carboxylic acids is 2. The van der Waals surface area contributed by atoms with E-state index < -0.39 is 46.8 Å². The highest BCUT2D eigenvalue weighted by atomic mass is 127. The van der Waals surface area contributed by atoms with Gasteiger partial charge in [0.2, 0.25) is 5.91 Å². The van der Waals surface area contributed by atoms with Gasteiger partial charge < -0.3 is 11.1 Å². The van der Waals surface area contributed by atoms with Crippen molar-refractivity contribution in [2.24, 2.45) is 5.73 Å². The van der Waals surface area contributed by atoms with E-state index in [0.717, 1.165) is 6.07 Å². The third kappa shape index (κ3) is 5.53. The van der Waals surface area contributed by atoms with E-state index in [1.807, 2.05) is 0 Å². The Hall–Kier alpha value is -2.50. The molecule has 196 valence electrons. The molecule has 0 aliphatic rings. The number of hydrogen-bond donors (Lipinski definition) is 2. The van der Waals surface area contributed by atoms with Crippen LogP contribution in [0.2, 0.25) is 0 Å². The molecule has 2 amide bonds. The molecular weight excluding hydrogens is 742 g/mol. The minimum absolute atomic E-state index is 0.0759. The number of anilines is 1. The number of halogens is 10. The molecular formula is C23H12F8I2N2O2. The molecule has 0 unspecified atom stereocenters. The summed E-state index contributed by atoms with van der Waals surface area (Å²) in [6, 6.07) is 9.97. The summed E-state index contributed by atoms with van der Waals surface area (Å²) in [4.78, 5) is 24.3. The van der Waals surface area contributed by atoms with Gasteiger partial charge in [-0.2, -0.15) is 26.3 Å². The molecule has 0 saturated carbocycles. The zero-order valence-corrected chi connectivity index (χ0v) is 22.2. The van der Waals surface area contributed by atoms with E-state index in [4.69, 9.17) is 5.73 Å². The molecule has 14 heteroatoms. The summed E-state index contributed by atoms with van der Waals surface area (Å²) in [6.07, 6.45) is -12.6. The number of alkyl halides is 7. The summed E-state index contributed by atoms with van der Waals surface area (Å²) in [6.45, 7) is 0. The fraction of sp³-hybridized carbons (Fsp3) is 0.130. The van der Waals surface area contributed by atoms with Crippen LogP contribution in [0, 0.1) is 13.0 Å². The maximum Gasteiger partial charge on any atom is 0.435 e. The van der Waals surface area contributed by atoms with Crippen molar-refractivity contribution in [2.75, 3.05) is 5.32 Å². The molecule has 3 aromatic rings. The highest BCUT2D eigenvalue weighted by molar-refractivity contribution is 14.1. The van der Waals surface area contributed by atoms with Crippen LogP contribution in [-0.2, 0) is 5.67 Å². The quantitative estimate of drug-likeness (QED) is 0.212. The zero-order valence-electron chi connectivity index (χ0n) is 17.9. The van der Waals surface area contributed by atoms with Crippen molar-refractivity contribution in [3.05, 3.63) is 84.2 Å². The number of nitrogens with two attached hydrogens (primary N) is 1. The van der Waals surface area contributed by atoms with Gasteiger partial charge in [0.1, 0.15) is 5.82 Å². The summed E-state index contributed by atoms with van der Waals surface area (Å²) in [5.74, 6) is -2.86. The van der Waals surface area contributed by atoms with Gasteiger partial charge in [0.05, 0.1) is 11.3 Å². The first-order valence-corrected chi connectivity index (χ1v) is 12.0. The lowest BCUT2D eigenvalue weighted by atomic mass is 9.94. The first-order chi connectivity index (χ1) is 17.0. The molecule has 3 rings (SSSR count). The van der Waals surface area contributed by atoms with Crippen molar-refractivity contribution >= 4 is 62.7 Å². The Bertz CT molecular complexity index is 1350. The molecule has 0 fully saturated rings. The lowest BCUT2D eigenvalue weighted by Crippen LogP contribution is -2.50. The molecule has 0 radical (unpaired) electrons. The Labute approximate surface area is 230 Å². The van der Waals surface area contributed by atoms with Crippen molar-refractivity contribution in [2.45, 2.75) is 18.0 Å². The largest absolute Gasteiger partial charge is 0.435 e. The molecule has 0 heterocycles. The van der Waals surface area contributed by atoms with Crippen molar-refractivity contribution in [3.63, 3.8) is 0 Å². The lowest BCUT2D eigenvalue weighted by molar-refractivity contribution is -0.348. The minimum atomic E-state index is -6.31. The molecule has 0 aliphatic heterocycles. The molecule has 3 N–H and O–H groups in total. The van der Waals surface area contributed by atoms with E-state index in [-0.39, 0.29) is 29.5 Å². The van der Waals surface area contributed by atoms with Crippen LogP contribution in [0.15, 0.2) is 54.6 Å². The fourth-order valence-electron chi connectivity index (χ4n) is 3.33. The molecule has 4 nitrogen and oxygen atoms in total. The third-order valence-electron chi connectivity index (χ3n) is 5.16. The van der Waals surface area contributed by atoms with E-state index in [1.165, 1.54) is 81.6 Å². The van der Waals surface area contributed by atoms with E-state index in [1.54, 1.807) is 0 Å². The van der Waals surface area contributed by atoms with Gasteiger partial charge in [-0.25, -0.2) is 8.78 Å². The van der Waals surface area contributed by atoms with Crippen LogP contribution in [0.4, 0.5) is 40.8 Å². The first kappa shape index (κ1) is 29.1. The summed E-state index contributed by atoms with van der Waals surface area (Å²) < 4.78 is 108. The lowest BCUT2D eigenvalue weighted by Gasteiger charge is -2.31. The average Bonchev–Trinajstić information content (AvgIpc) is 2.79. The Morgan fingerprint density at radius 3 is 1.86 bits per heavy atom. The Morgan fingerprint density at radius 2 is 1.35 bits per heavy atom. The standard InChI is InChI=1S/C23H12F8I2N2O2/c24-17-13(10-3-1-4-11(7-10)19(34)36)5-2-6-14(17)20(37)35-18-15(32)8-12(9-16(18)33)21(25,22(26,27)28)23(29,30)31/h1-9H,(H2,34,36)(H,35,37). The zero-order chi connectivity index (χ0) is 27.9. The van der Waals surface area contributed by atoms with Gasteiger partial charge in [0.15, 0.2) is 0 Å². The molecule has 0 bridgehead atoms. The van der Waals surface area contributed by atoms with E-state index >= 15 is 4.39 Å². The Kier molecular flexibility index (Phi) is 8.12. The maximum absolute atomic E-state index is 15.2. The first-order valence-electron chi connectivity index (χ1n) is 9.81. The number of hydrogen-bond acceptors (Lipinski definition) is 2. The molecule has 37 heavy (non-hydrogen) atoms. The number of primary amides is 1. The van der Waals surface area contributed by atoms with Crippen LogP contribution in [0.5, 0.6) is 0 Å². The Morgan fingerprint density at radius 1 is 0.811 bits per heavy atom. The summed E-state index contributed by atoms with van der Waals surface area (Å²) in [7, 11) is 0. The third-order valence-corrected chi connectivity index (χ3v) is 6.86. The van der Waals surface area contributed by atoms with Crippen molar-refractivity contribution in [1.82, 2.24) is 0 Å². The fourth-order valence-corrected chi connectivity index (χ4v) is 5.37. The van der Waals surface area contributed by atoms with Gasteiger partial charge in [0, 0.05) is 23.8 Å². The number of carbonyl (C=O) groups is 2. The molecule has 0 aromatic heterocycles. The van der Waals surface area contributed by atoms with Crippen LogP contribution in [0.3, 0.4) is 0 Å². The predicted octanol–water partition coefficient (Wildman–Crippen LogP) is 7.34. The monoisotopic (exact) mass is 754 g/mol. The number of rotatable bonds is 5. The normalized spacial score (nSPS) is 12.4. The van der Waals surface area contributed by atoms with Crippen molar-refractivity contribution in [1.29, 1.82) is 0 Å². The SMILES string of the molecule is NC(=O)c1cccc(-c2cccc(C(=O)Nc3c(I)cc(C(F)(C(F)(F)F)C(F)(F)F)cc3I)c2F)c1. The van der Waals surface area contributed by atoms with Crippen LogP contribution >= 0.6 is 45.2 Å². The Balaban J connectivity index is 2.01. The predicted molar refractivity (Wildman–Crippen MR) is 135 cm³/mol. The van der Waals surface area contributed by atoms with Gasteiger partial charge in [-0.15, -0.1) is 0 Å². The van der Waals surface area contributed by atoms with E-state index in [9.17, 15) is 40.3 Å². The van der Waals surface area contributed by atoms with Gasteiger partial charge in [-0.1, -0.05) is 24.3 Å². The van der Waals surface area contributed by atoms with Crippen molar-refractivity contribution < 1.29 is 44.7 Å². The number of nitrogens with one attached hydrogen (secondary N) is 1. The van der Waals surface area contributed by atoms with E-state index in [2.05, 4.69) is 5.32 Å². The number of benzene rings is 3. The smallest absolute Gasteiger partial charge is 0.366 e. The second-order valence-electron chi connectivity index (χ2n) is 7.54. The topological polar surface area (TPSA) is 72.2 Å². The van der Waals surface area contributed by atoms with Crippen LogP contribution in [0.1, 0.15) is 26.3 Å². The number of amides is 2. The second-order valence-corrected chi connectivity index (χ2v) is 9.86. The molecule has 0 spiro atoms. The maximum atomic E-state index is 15.2. The van der Waals surface area contributed by atoms with Crippen LogP contribution in [-0.4, -0.2) is 24.2 Å². The van der Waals surface area contributed by atoms with Crippen LogP contribution < -0.4 is 11.1 Å². The van der Waals surface area contributed by atoms with Gasteiger partial charge >= 0.3 is 18.0 Å². The van der Waals surface area contributed by atoms with Gasteiger partial charge in [-0.05, 0) is 81.1 Å². The second kappa shape index (κ2) is 10.3. The molecule has 0 saturated heterocycles. The van der Waals surface area contributed by atoms with E-state index in [0.29, 0.717) is 12.1 Å². The minimum Gasteiger partial charge on any atom is -0.366 e. The van der Waals surface area contributed by atoms with Gasteiger partial charge in [0.25, 0.3) is 5.91 Å². The highest BCUT2D eigenvalue weighted by Gasteiger charge is 2.73. The van der Waals surface area contributed by atoms with Crippen LogP contribution in [0.25, 0.3) is 11.1 Å². The summed E-state index contributed by atoms with van der Waals surface area (Å²) >= 11 is 2.67. The molecule has 3 aromatic carbocycles. The summed E-state index contributed by atoms with van der Waals surface area (Å²) in [5.41, 5.74) is -2.68. The van der Waals surface area contributed by atoms with Gasteiger partial charge in [-0.3, -0.25) is 9.59 Å². The average molecular weight is 754 g/mol. The molecule has 0 aliphatic carbocycles. The van der Waals surface area contributed by atoms with Crippen molar-refractivity contribution in [3.8, 4) is 11.1 Å². The molecule has 0 atom stereocenters. The highest BCUT2D eigenvalue weighted by Crippen LogP contribution is 2.54. The summed E-state index contributed by atoms with van der Waals surface area (Å²) in [5, 5.41) is 2.25.